The molecular formula is C24H21FN4O3. The molecule has 3 heterocycles. The van der Waals surface area contributed by atoms with E-state index >= 15 is 0 Å². The minimum Gasteiger partial charge on any atom is -0.491 e. The minimum absolute atomic E-state index is 0.203. The van der Waals surface area contributed by atoms with Gasteiger partial charge >= 0.3 is 0 Å². The maximum atomic E-state index is 13.5. The minimum atomic E-state index is -0.297. The number of imidazole rings is 1. The number of hydrogen-bond donors (Lipinski definition) is 0. The maximum Gasteiger partial charge on any atom is 0.275 e. The molecule has 2 aromatic carbocycles. The molecule has 0 atom stereocenters. The van der Waals surface area contributed by atoms with E-state index in [0.717, 1.165) is 16.5 Å². The Labute approximate surface area is 183 Å². The first-order chi connectivity index (χ1) is 15.5. The van der Waals surface area contributed by atoms with E-state index in [4.69, 9.17) is 4.74 Å². The van der Waals surface area contributed by atoms with Crippen molar-refractivity contribution in [1.29, 1.82) is 0 Å². The molecule has 0 bridgehead atoms. The lowest BCUT2D eigenvalue weighted by atomic mass is 10.1. The first-order valence-corrected chi connectivity index (χ1v) is 10.4. The Morgan fingerprint density at radius 1 is 1.09 bits per heavy atom. The number of ether oxygens (including phenoxy) is 1. The lowest BCUT2D eigenvalue weighted by Gasteiger charge is -2.29. The summed E-state index contributed by atoms with van der Waals surface area (Å²) in [6, 6.07) is 13.4. The molecule has 0 unspecified atom stereocenters. The van der Waals surface area contributed by atoms with E-state index in [1.54, 1.807) is 40.2 Å². The molecule has 4 aromatic rings. The predicted octanol–water partition coefficient (Wildman–Crippen LogP) is 3.17. The Morgan fingerprint density at radius 2 is 1.97 bits per heavy atom. The highest BCUT2D eigenvalue weighted by atomic mass is 19.1. The van der Waals surface area contributed by atoms with Crippen molar-refractivity contribution in [1.82, 2.24) is 19.0 Å². The summed E-state index contributed by atoms with van der Waals surface area (Å²) in [6.07, 6.45) is 3.37. The van der Waals surface area contributed by atoms with Crippen LogP contribution in [0, 0.1) is 12.7 Å². The van der Waals surface area contributed by atoms with Gasteiger partial charge in [-0.25, -0.2) is 9.37 Å². The lowest BCUT2D eigenvalue weighted by Crippen LogP contribution is -2.46. The molecule has 1 aliphatic heterocycles. The predicted molar refractivity (Wildman–Crippen MR) is 118 cm³/mol. The second-order valence-electron chi connectivity index (χ2n) is 7.75. The summed E-state index contributed by atoms with van der Waals surface area (Å²) in [5.41, 5.74) is 1.42. The molecule has 0 saturated heterocycles. The summed E-state index contributed by atoms with van der Waals surface area (Å²) >= 11 is 0. The van der Waals surface area contributed by atoms with Gasteiger partial charge in [-0.2, -0.15) is 0 Å². The second-order valence-corrected chi connectivity index (χ2v) is 7.75. The molecule has 2 aromatic heterocycles. The maximum absolute atomic E-state index is 13.5. The van der Waals surface area contributed by atoms with Gasteiger partial charge in [0.1, 0.15) is 29.6 Å². The number of amides is 1. The van der Waals surface area contributed by atoms with Crippen molar-refractivity contribution in [3.63, 3.8) is 0 Å². The zero-order valence-electron chi connectivity index (χ0n) is 17.5. The van der Waals surface area contributed by atoms with E-state index in [1.807, 2.05) is 25.1 Å². The monoisotopic (exact) mass is 432 g/mol. The van der Waals surface area contributed by atoms with Gasteiger partial charge in [-0.3, -0.25) is 9.59 Å². The van der Waals surface area contributed by atoms with Gasteiger partial charge in [0.25, 0.3) is 11.5 Å². The molecule has 0 aliphatic carbocycles. The van der Waals surface area contributed by atoms with Gasteiger partial charge in [0.15, 0.2) is 0 Å². The zero-order chi connectivity index (χ0) is 22.2. The Morgan fingerprint density at radius 3 is 2.78 bits per heavy atom. The molecule has 0 N–H and O–H groups in total. The highest BCUT2D eigenvalue weighted by Gasteiger charge is 2.26. The number of rotatable bonds is 5. The Balaban J connectivity index is 1.30. The Kier molecular flexibility index (Phi) is 4.97. The molecule has 1 amide bonds. The van der Waals surface area contributed by atoms with E-state index in [0.29, 0.717) is 43.4 Å². The number of halogens is 1. The third kappa shape index (κ3) is 3.53. The molecule has 0 spiro atoms. The van der Waals surface area contributed by atoms with Gasteiger partial charge < -0.3 is 18.8 Å². The van der Waals surface area contributed by atoms with Gasteiger partial charge in [-0.15, -0.1) is 0 Å². The first-order valence-electron chi connectivity index (χ1n) is 10.4. The highest BCUT2D eigenvalue weighted by Crippen LogP contribution is 2.26. The summed E-state index contributed by atoms with van der Waals surface area (Å²) in [7, 11) is 0. The molecule has 8 heteroatoms. The summed E-state index contributed by atoms with van der Waals surface area (Å²) in [5.74, 6) is 0.142. The number of carbonyl (C=O) groups excluding carboxylic acids is 1. The van der Waals surface area contributed by atoms with Crippen molar-refractivity contribution in [2.45, 2.75) is 13.5 Å². The molecule has 7 nitrogen and oxygen atoms in total. The average molecular weight is 432 g/mol. The number of benzene rings is 2. The quantitative estimate of drug-likeness (QED) is 0.486. The standard InChI is InChI=1S/C24H21FN4O3/c1-16-14-28(15-26-16)20-7-8-21-23(30)27(9-10-29(21)24(20)31)11-12-32-22-4-2-3-17-13-18(25)5-6-19(17)22/h2-8,13-15H,9-12H2,1H3. The molecule has 0 saturated carbocycles. The molecule has 162 valence electrons. The van der Waals surface area contributed by atoms with Crippen LogP contribution < -0.4 is 10.3 Å². The largest absolute Gasteiger partial charge is 0.491 e. The summed E-state index contributed by atoms with van der Waals surface area (Å²) < 4.78 is 22.6. The van der Waals surface area contributed by atoms with Gasteiger partial charge in [0, 0.05) is 24.7 Å². The van der Waals surface area contributed by atoms with Crippen molar-refractivity contribution in [3.8, 4) is 11.4 Å². The van der Waals surface area contributed by atoms with Crippen LogP contribution in [0.5, 0.6) is 5.75 Å². The van der Waals surface area contributed by atoms with Gasteiger partial charge in [-0.05, 0) is 48.7 Å². The molecule has 1 aliphatic rings. The summed E-state index contributed by atoms with van der Waals surface area (Å²) in [4.78, 5) is 31.7. The van der Waals surface area contributed by atoms with E-state index in [2.05, 4.69) is 4.98 Å². The van der Waals surface area contributed by atoms with E-state index < -0.39 is 0 Å². The van der Waals surface area contributed by atoms with Crippen LogP contribution >= 0.6 is 0 Å². The third-order valence-electron chi connectivity index (χ3n) is 5.67. The number of pyridine rings is 1. The zero-order valence-corrected chi connectivity index (χ0v) is 17.5. The fraction of sp³-hybridized carbons (Fsp3) is 0.208. The number of hydrogen-bond acceptors (Lipinski definition) is 4. The van der Waals surface area contributed by atoms with Crippen LogP contribution in [0.15, 0.2) is 65.8 Å². The van der Waals surface area contributed by atoms with Crippen LogP contribution in [-0.2, 0) is 6.54 Å². The summed E-state index contributed by atoms with van der Waals surface area (Å²) in [6.45, 7) is 3.36. The van der Waals surface area contributed by atoms with Crippen molar-refractivity contribution in [3.05, 3.63) is 88.6 Å². The van der Waals surface area contributed by atoms with Crippen LogP contribution in [0.4, 0.5) is 4.39 Å². The fourth-order valence-corrected chi connectivity index (χ4v) is 4.04. The van der Waals surface area contributed by atoms with Crippen molar-refractivity contribution in [2.75, 3.05) is 19.7 Å². The van der Waals surface area contributed by atoms with E-state index in [1.165, 1.54) is 16.7 Å². The van der Waals surface area contributed by atoms with Gasteiger partial charge in [0.2, 0.25) is 0 Å². The van der Waals surface area contributed by atoms with Crippen molar-refractivity contribution < 1.29 is 13.9 Å². The van der Waals surface area contributed by atoms with E-state index in [9.17, 15) is 14.0 Å². The number of fused-ring (bicyclic) bond motifs is 2. The second kappa shape index (κ2) is 7.96. The number of nitrogens with zero attached hydrogens (tertiary/aromatic N) is 4. The number of carbonyl (C=O) groups is 1. The number of aryl methyl sites for hydroxylation is 1. The molecular weight excluding hydrogens is 411 g/mol. The fourth-order valence-electron chi connectivity index (χ4n) is 4.04. The van der Waals surface area contributed by atoms with Crippen molar-refractivity contribution >= 4 is 16.7 Å². The van der Waals surface area contributed by atoms with Crippen LogP contribution in [0.1, 0.15) is 16.2 Å². The average Bonchev–Trinajstić information content (AvgIpc) is 3.21. The SMILES string of the molecule is Cc1cn(-c2ccc3n(c2=O)CCN(CCOc2cccc4cc(F)ccc24)C3=O)cn1. The first kappa shape index (κ1) is 20.0. The van der Waals surface area contributed by atoms with Crippen LogP contribution in [-0.4, -0.2) is 44.6 Å². The topological polar surface area (TPSA) is 69.4 Å². The van der Waals surface area contributed by atoms with Gasteiger partial charge in [0.05, 0.1) is 18.6 Å². The Hall–Kier alpha value is -3.94. The molecule has 0 fully saturated rings. The van der Waals surface area contributed by atoms with Crippen LogP contribution in [0.3, 0.4) is 0 Å². The Bertz CT molecular complexity index is 1390. The normalized spacial score (nSPS) is 13.4. The van der Waals surface area contributed by atoms with Gasteiger partial charge in [-0.1, -0.05) is 12.1 Å². The van der Waals surface area contributed by atoms with Crippen LogP contribution in [0.2, 0.25) is 0 Å². The lowest BCUT2D eigenvalue weighted by molar-refractivity contribution is 0.0673. The smallest absolute Gasteiger partial charge is 0.275 e. The molecule has 32 heavy (non-hydrogen) atoms. The van der Waals surface area contributed by atoms with Crippen molar-refractivity contribution in [2.24, 2.45) is 0 Å². The summed E-state index contributed by atoms with van der Waals surface area (Å²) in [5, 5.41) is 1.58. The molecule has 0 radical (unpaired) electrons. The van der Waals surface area contributed by atoms with E-state index in [-0.39, 0.29) is 17.3 Å². The van der Waals surface area contributed by atoms with Crippen LogP contribution in [0.25, 0.3) is 16.5 Å². The third-order valence-corrected chi connectivity index (χ3v) is 5.67. The number of aromatic nitrogens is 3. The highest BCUT2D eigenvalue weighted by molar-refractivity contribution is 5.93. The molecule has 5 rings (SSSR count).